The van der Waals surface area contributed by atoms with Gasteiger partial charge in [-0.1, -0.05) is 60.1 Å². The number of hydrogen-bond donors (Lipinski definition) is 1. The number of esters is 1. The highest BCUT2D eigenvalue weighted by Crippen LogP contribution is 2.64. The highest BCUT2D eigenvalue weighted by Gasteiger charge is 2.79. The fourth-order valence-electron chi connectivity index (χ4n) is 7.02. The minimum atomic E-state index is -1.26. The van der Waals surface area contributed by atoms with Crippen LogP contribution < -0.4 is 4.90 Å². The van der Waals surface area contributed by atoms with Crippen LogP contribution in [0.4, 0.5) is 5.69 Å². The monoisotopic (exact) mass is 566 g/mol. The maximum Gasteiger partial charge on any atom is 0.312 e. The molecule has 0 aliphatic carbocycles. The summed E-state index contributed by atoms with van der Waals surface area (Å²) in [6, 6.07) is 14.7. The van der Waals surface area contributed by atoms with Gasteiger partial charge in [0, 0.05) is 6.54 Å². The lowest BCUT2D eigenvalue weighted by Crippen LogP contribution is -2.59. The molecule has 40 heavy (non-hydrogen) atoms. The first-order valence-electron chi connectivity index (χ1n) is 13.7. The largest absolute Gasteiger partial charge is 0.466 e. The van der Waals surface area contributed by atoms with Crippen LogP contribution in [0.2, 0.25) is 5.02 Å². The van der Waals surface area contributed by atoms with Gasteiger partial charge in [0.1, 0.15) is 17.6 Å². The van der Waals surface area contributed by atoms with Crippen molar-refractivity contribution in [2.75, 3.05) is 24.7 Å². The Kier molecular flexibility index (Phi) is 7.79. The van der Waals surface area contributed by atoms with Crippen molar-refractivity contribution in [3.8, 4) is 0 Å². The molecule has 0 radical (unpaired) electrons. The number of hydrogen-bond acceptors (Lipinski definition) is 6. The number of fused-ring (bicyclic) bond motifs is 1. The van der Waals surface area contributed by atoms with Crippen LogP contribution in [0.25, 0.3) is 0 Å². The Labute approximate surface area is 239 Å². The molecule has 2 aromatic carbocycles. The summed E-state index contributed by atoms with van der Waals surface area (Å²) in [7, 11) is 0. The number of benzene rings is 2. The van der Waals surface area contributed by atoms with E-state index in [9.17, 15) is 19.5 Å². The molecule has 5 rings (SSSR count). The van der Waals surface area contributed by atoms with Crippen LogP contribution in [0.5, 0.6) is 0 Å². The molecular weight excluding hydrogens is 532 g/mol. The van der Waals surface area contributed by atoms with Gasteiger partial charge in [0.25, 0.3) is 5.91 Å². The van der Waals surface area contributed by atoms with Crippen LogP contribution in [-0.4, -0.2) is 70.8 Å². The van der Waals surface area contributed by atoms with Crippen LogP contribution in [0.3, 0.4) is 0 Å². The van der Waals surface area contributed by atoms with Gasteiger partial charge in [-0.05, 0) is 50.8 Å². The quantitative estimate of drug-likeness (QED) is 0.347. The summed E-state index contributed by atoms with van der Waals surface area (Å²) in [4.78, 5) is 45.4. The molecule has 0 aromatic heterocycles. The maximum atomic E-state index is 14.7. The summed E-state index contributed by atoms with van der Waals surface area (Å²) in [5.74, 6) is -3.06. The highest BCUT2D eigenvalue weighted by molar-refractivity contribution is 6.34. The molecule has 6 atom stereocenters. The second-order valence-electron chi connectivity index (χ2n) is 10.9. The molecule has 3 aliphatic rings. The number of aliphatic hydroxyl groups excluding tert-OH is 1. The van der Waals surface area contributed by atoms with E-state index in [1.165, 1.54) is 9.80 Å². The highest BCUT2D eigenvalue weighted by atomic mass is 35.5. The Balaban J connectivity index is 1.64. The fraction of sp³-hybridized carbons (Fsp3) is 0.452. The number of carbonyl (C=O) groups is 3. The van der Waals surface area contributed by atoms with E-state index in [0.29, 0.717) is 30.0 Å². The molecule has 2 amide bonds. The number of likely N-dealkylation sites (tertiary alicyclic amines) is 1. The Bertz CT molecular complexity index is 1300. The summed E-state index contributed by atoms with van der Waals surface area (Å²) < 4.78 is 12.1. The Morgan fingerprint density at radius 2 is 1.93 bits per heavy atom. The number of halogens is 1. The van der Waals surface area contributed by atoms with E-state index in [-0.39, 0.29) is 25.7 Å². The molecule has 3 saturated heterocycles. The predicted molar refractivity (Wildman–Crippen MR) is 151 cm³/mol. The molecule has 0 saturated carbocycles. The van der Waals surface area contributed by atoms with Crippen LogP contribution in [-0.2, 0) is 30.3 Å². The lowest BCUT2D eigenvalue weighted by Gasteiger charge is -2.39. The minimum absolute atomic E-state index is 0.142. The number of amides is 2. The second-order valence-corrected chi connectivity index (χ2v) is 11.3. The average Bonchev–Trinajstić information content (AvgIpc) is 3.52. The number of anilines is 1. The number of para-hydroxylation sites is 1. The number of ether oxygens (including phenoxy) is 2. The molecule has 2 unspecified atom stereocenters. The zero-order valence-electron chi connectivity index (χ0n) is 22.8. The Morgan fingerprint density at radius 3 is 2.58 bits per heavy atom. The first-order chi connectivity index (χ1) is 19.2. The van der Waals surface area contributed by atoms with Crippen molar-refractivity contribution in [1.29, 1.82) is 0 Å². The van der Waals surface area contributed by atoms with E-state index in [4.69, 9.17) is 21.1 Å². The molecule has 1 N–H and O–H groups in total. The predicted octanol–water partition coefficient (Wildman–Crippen LogP) is 3.79. The van der Waals surface area contributed by atoms with Gasteiger partial charge in [-0.3, -0.25) is 14.4 Å². The summed E-state index contributed by atoms with van der Waals surface area (Å²) in [6.45, 7) is 7.31. The summed E-state index contributed by atoms with van der Waals surface area (Å²) in [6.07, 6.45) is 2.83. The fourth-order valence-corrected chi connectivity index (χ4v) is 7.26. The molecule has 2 bridgehead atoms. The van der Waals surface area contributed by atoms with E-state index in [1.807, 2.05) is 37.3 Å². The smallest absolute Gasteiger partial charge is 0.312 e. The van der Waals surface area contributed by atoms with E-state index in [0.717, 1.165) is 5.56 Å². The van der Waals surface area contributed by atoms with Gasteiger partial charge in [0.05, 0.1) is 41.5 Å². The molecule has 2 aromatic rings. The third-order valence-corrected chi connectivity index (χ3v) is 8.95. The summed E-state index contributed by atoms with van der Waals surface area (Å²) in [5, 5.41) is 11.0. The number of nitrogens with zero attached hydrogens (tertiary/aromatic N) is 2. The van der Waals surface area contributed by atoms with Crippen molar-refractivity contribution >= 4 is 35.1 Å². The number of rotatable bonds is 10. The molecule has 212 valence electrons. The van der Waals surface area contributed by atoms with Gasteiger partial charge in [-0.25, -0.2) is 0 Å². The van der Waals surface area contributed by atoms with E-state index < -0.39 is 47.0 Å². The van der Waals surface area contributed by atoms with Crippen molar-refractivity contribution < 1.29 is 29.0 Å². The van der Waals surface area contributed by atoms with E-state index in [2.05, 4.69) is 6.58 Å². The summed E-state index contributed by atoms with van der Waals surface area (Å²) in [5.41, 5.74) is -0.821. The van der Waals surface area contributed by atoms with Crippen molar-refractivity contribution in [2.24, 2.45) is 11.8 Å². The van der Waals surface area contributed by atoms with Crippen molar-refractivity contribution in [2.45, 2.75) is 56.4 Å². The standard InChI is InChI=1S/C31H35ClN2O6/c1-4-17-33(23-14-10-9-13-22(23)32)28(37)26-31-16-15-30(3,40-31)25(29(38)39-5-2)24(31)27(36)34(26)21(19-35)18-20-11-7-6-8-12-20/h4,6-14,21,24-26,35H,1,5,15-19H2,2-3H3/t21-,24+,25-,26?,30+,31?/m1/s1. The SMILES string of the molecule is C=CCN(C(=O)C1N([C@@H](CO)Cc2ccccc2)C(=O)[C@@H]2[C@H](C(=O)OCC)[C@]3(C)CCC12O3)c1ccccc1Cl. The maximum absolute atomic E-state index is 14.7. The van der Waals surface area contributed by atoms with Gasteiger partial charge in [0.15, 0.2) is 0 Å². The van der Waals surface area contributed by atoms with Crippen molar-refractivity contribution in [1.82, 2.24) is 4.90 Å². The van der Waals surface area contributed by atoms with Crippen molar-refractivity contribution in [3.05, 3.63) is 77.8 Å². The third kappa shape index (κ3) is 4.42. The van der Waals surface area contributed by atoms with Crippen LogP contribution in [0.15, 0.2) is 67.3 Å². The average molecular weight is 567 g/mol. The topological polar surface area (TPSA) is 96.4 Å². The van der Waals surface area contributed by atoms with E-state index in [1.54, 1.807) is 37.3 Å². The number of aliphatic hydroxyl groups is 1. The summed E-state index contributed by atoms with van der Waals surface area (Å²) >= 11 is 6.54. The van der Waals surface area contributed by atoms with Gasteiger partial charge in [0.2, 0.25) is 5.91 Å². The lowest BCUT2D eigenvalue weighted by molar-refractivity contribution is -0.160. The van der Waals surface area contributed by atoms with Gasteiger partial charge >= 0.3 is 5.97 Å². The molecular formula is C31H35ClN2O6. The lowest BCUT2D eigenvalue weighted by atomic mass is 9.66. The zero-order valence-corrected chi connectivity index (χ0v) is 23.5. The molecule has 8 nitrogen and oxygen atoms in total. The normalized spacial score (nSPS) is 29.2. The van der Waals surface area contributed by atoms with Crippen LogP contribution >= 0.6 is 11.6 Å². The molecule has 3 aliphatic heterocycles. The molecule has 3 fully saturated rings. The van der Waals surface area contributed by atoms with Crippen LogP contribution in [0, 0.1) is 11.8 Å². The molecule has 9 heteroatoms. The van der Waals surface area contributed by atoms with E-state index >= 15 is 0 Å². The molecule has 1 spiro atoms. The minimum Gasteiger partial charge on any atom is -0.466 e. The number of carbonyl (C=O) groups excluding carboxylic acids is 3. The zero-order chi connectivity index (χ0) is 28.7. The van der Waals surface area contributed by atoms with Gasteiger partial charge in [-0.15, -0.1) is 6.58 Å². The van der Waals surface area contributed by atoms with Crippen molar-refractivity contribution in [3.63, 3.8) is 0 Å². The third-order valence-electron chi connectivity index (χ3n) is 8.63. The second kappa shape index (κ2) is 11.0. The van der Waals surface area contributed by atoms with Gasteiger partial charge in [-0.2, -0.15) is 0 Å². The van der Waals surface area contributed by atoms with Gasteiger partial charge < -0.3 is 24.4 Å². The Hall–Kier alpha value is -3.20. The Morgan fingerprint density at radius 1 is 1.23 bits per heavy atom. The first kappa shape index (κ1) is 28.3. The van der Waals surface area contributed by atoms with Crippen LogP contribution in [0.1, 0.15) is 32.3 Å². The molecule has 3 heterocycles. The first-order valence-corrected chi connectivity index (χ1v) is 14.1.